The van der Waals surface area contributed by atoms with Gasteiger partial charge in [0.15, 0.2) is 0 Å². The Labute approximate surface area is 130 Å². The van der Waals surface area contributed by atoms with Crippen LogP contribution in [0.3, 0.4) is 0 Å². The number of amides is 2. The highest BCUT2D eigenvalue weighted by molar-refractivity contribution is 5.86. The summed E-state index contributed by atoms with van der Waals surface area (Å²) < 4.78 is 0. The zero-order chi connectivity index (χ0) is 15.7. The molecule has 3 aliphatic rings. The lowest BCUT2D eigenvalue weighted by Gasteiger charge is -2.39. The van der Waals surface area contributed by atoms with Gasteiger partial charge < -0.3 is 14.9 Å². The maximum absolute atomic E-state index is 12.7. The zero-order valence-electron chi connectivity index (χ0n) is 12.9. The quantitative estimate of drug-likeness (QED) is 0.847. The SMILES string of the molecule is O=C(O)[C@@H]1CCCCN1C(=O)[C@@H]1CCCN(C(=O)C2CC2)C1. The number of likely N-dealkylation sites (tertiary alicyclic amines) is 2. The van der Waals surface area contributed by atoms with Crippen LogP contribution in [0.15, 0.2) is 0 Å². The highest BCUT2D eigenvalue weighted by Gasteiger charge is 2.40. The fourth-order valence-electron chi connectivity index (χ4n) is 3.65. The van der Waals surface area contributed by atoms with E-state index in [4.69, 9.17) is 0 Å². The molecule has 3 fully saturated rings. The van der Waals surface area contributed by atoms with Crippen LogP contribution in [0.4, 0.5) is 0 Å². The standard InChI is InChI=1S/C16H24N2O4/c19-14(11-6-7-11)17-8-3-4-12(10-17)15(20)18-9-2-1-5-13(18)16(21)22/h11-13H,1-10H2,(H,21,22)/t12-,13+/m1/s1. The normalized spacial score (nSPS) is 29.3. The molecule has 0 aromatic carbocycles. The van der Waals surface area contributed by atoms with Crippen molar-refractivity contribution in [2.24, 2.45) is 11.8 Å². The molecule has 2 atom stereocenters. The molecule has 22 heavy (non-hydrogen) atoms. The Kier molecular flexibility index (Phi) is 4.36. The lowest BCUT2D eigenvalue weighted by molar-refractivity contribution is -0.155. The van der Waals surface area contributed by atoms with Gasteiger partial charge in [0.05, 0.1) is 5.92 Å². The molecule has 2 heterocycles. The molecule has 0 unspecified atom stereocenters. The van der Waals surface area contributed by atoms with E-state index in [-0.39, 0.29) is 23.7 Å². The third kappa shape index (κ3) is 3.10. The number of piperidine rings is 2. The maximum Gasteiger partial charge on any atom is 0.326 e. The Morgan fingerprint density at radius 1 is 0.818 bits per heavy atom. The molecule has 2 aliphatic heterocycles. The minimum Gasteiger partial charge on any atom is -0.480 e. The predicted octanol–water partition coefficient (Wildman–Crippen LogP) is 1.10. The van der Waals surface area contributed by atoms with Crippen LogP contribution < -0.4 is 0 Å². The average Bonchev–Trinajstić information content (AvgIpc) is 3.38. The zero-order valence-corrected chi connectivity index (χ0v) is 12.9. The number of carbonyl (C=O) groups excluding carboxylic acids is 2. The lowest BCUT2D eigenvalue weighted by atomic mass is 9.93. The molecule has 6 nitrogen and oxygen atoms in total. The van der Waals surface area contributed by atoms with E-state index in [1.54, 1.807) is 4.90 Å². The number of rotatable bonds is 3. The van der Waals surface area contributed by atoms with E-state index in [0.29, 0.717) is 19.5 Å². The van der Waals surface area contributed by atoms with Crippen molar-refractivity contribution in [3.63, 3.8) is 0 Å². The van der Waals surface area contributed by atoms with Crippen LogP contribution in [-0.2, 0) is 14.4 Å². The fraction of sp³-hybridized carbons (Fsp3) is 0.812. The number of hydrogen-bond donors (Lipinski definition) is 1. The Hall–Kier alpha value is -1.59. The van der Waals surface area contributed by atoms with Crippen molar-refractivity contribution in [2.45, 2.75) is 51.0 Å². The highest BCUT2D eigenvalue weighted by atomic mass is 16.4. The van der Waals surface area contributed by atoms with Crippen molar-refractivity contribution in [1.82, 2.24) is 9.80 Å². The van der Waals surface area contributed by atoms with Crippen LogP contribution in [0.2, 0.25) is 0 Å². The number of aliphatic carboxylic acids is 1. The molecule has 1 N–H and O–H groups in total. The minimum atomic E-state index is -0.908. The van der Waals surface area contributed by atoms with Gasteiger partial charge in [0.25, 0.3) is 0 Å². The second kappa shape index (κ2) is 6.26. The molecule has 0 bridgehead atoms. The largest absolute Gasteiger partial charge is 0.480 e. The summed E-state index contributed by atoms with van der Waals surface area (Å²) in [5.41, 5.74) is 0. The molecule has 0 spiro atoms. The molecular weight excluding hydrogens is 284 g/mol. The molecule has 1 aliphatic carbocycles. The minimum absolute atomic E-state index is 0.0691. The first-order chi connectivity index (χ1) is 10.6. The second-order valence-electron chi connectivity index (χ2n) is 6.78. The van der Waals surface area contributed by atoms with Gasteiger partial charge in [0.1, 0.15) is 6.04 Å². The summed E-state index contributed by atoms with van der Waals surface area (Å²) in [5.74, 6) is -0.840. The first-order valence-corrected chi connectivity index (χ1v) is 8.40. The van der Waals surface area contributed by atoms with E-state index in [0.717, 1.165) is 45.1 Å². The number of carbonyl (C=O) groups is 3. The summed E-state index contributed by atoms with van der Waals surface area (Å²) >= 11 is 0. The molecule has 0 aromatic heterocycles. The number of carboxylic acids is 1. The Morgan fingerprint density at radius 2 is 1.59 bits per heavy atom. The molecule has 1 saturated carbocycles. The summed E-state index contributed by atoms with van der Waals surface area (Å²) in [5, 5.41) is 9.32. The first kappa shape index (κ1) is 15.3. The molecular formula is C16H24N2O4. The van der Waals surface area contributed by atoms with Crippen molar-refractivity contribution in [2.75, 3.05) is 19.6 Å². The van der Waals surface area contributed by atoms with Crippen LogP contribution in [0, 0.1) is 11.8 Å². The number of nitrogens with zero attached hydrogens (tertiary/aromatic N) is 2. The van der Waals surface area contributed by atoms with Gasteiger partial charge in [-0.05, 0) is 44.9 Å². The van der Waals surface area contributed by atoms with Crippen LogP contribution in [0.1, 0.15) is 44.9 Å². The van der Waals surface area contributed by atoms with Crippen LogP contribution in [-0.4, -0.2) is 58.4 Å². The van der Waals surface area contributed by atoms with Gasteiger partial charge in [-0.3, -0.25) is 9.59 Å². The van der Waals surface area contributed by atoms with Crippen molar-refractivity contribution in [1.29, 1.82) is 0 Å². The van der Waals surface area contributed by atoms with Gasteiger partial charge in [-0.15, -0.1) is 0 Å². The van der Waals surface area contributed by atoms with Crippen molar-refractivity contribution >= 4 is 17.8 Å². The Morgan fingerprint density at radius 3 is 2.27 bits per heavy atom. The topological polar surface area (TPSA) is 77.9 Å². The van der Waals surface area contributed by atoms with E-state index in [1.807, 2.05) is 4.90 Å². The van der Waals surface area contributed by atoms with Crippen molar-refractivity contribution in [3.8, 4) is 0 Å². The molecule has 2 saturated heterocycles. The van der Waals surface area contributed by atoms with E-state index in [9.17, 15) is 19.5 Å². The first-order valence-electron chi connectivity index (χ1n) is 8.40. The van der Waals surface area contributed by atoms with E-state index < -0.39 is 12.0 Å². The maximum atomic E-state index is 12.7. The molecule has 2 amide bonds. The number of hydrogen-bond acceptors (Lipinski definition) is 3. The Bertz CT molecular complexity index is 475. The smallest absolute Gasteiger partial charge is 0.326 e. The summed E-state index contributed by atoms with van der Waals surface area (Å²) in [7, 11) is 0. The summed E-state index contributed by atoms with van der Waals surface area (Å²) in [6.45, 7) is 1.74. The fourth-order valence-corrected chi connectivity index (χ4v) is 3.65. The van der Waals surface area contributed by atoms with Gasteiger partial charge in [-0.1, -0.05) is 0 Å². The molecule has 0 radical (unpaired) electrons. The molecule has 6 heteroatoms. The van der Waals surface area contributed by atoms with Gasteiger partial charge >= 0.3 is 5.97 Å². The van der Waals surface area contributed by atoms with Crippen LogP contribution in [0.5, 0.6) is 0 Å². The molecule has 0 aromatic rings. The number of carboxylic acid groups (broad SMARTS) is 1. The molecule has 3 rings (SSSR count). The third-order valence-corrected chi connectivity index (χ3v) is 5.08. The third-order valence-electron chi connectivity index (χ3n) is 5.08. The molecule has 122 valence electrons. The average molecular weight is 308 g/mol. The van der Waals surface area contributed by atoms with Gasteiger partial charge in [0.2, 0.25) is 11.8 Å². The van der Waals surface area contributed by atoms with Crippen molar-refractivity contribution < 1.29 is 19.5 Å². The Balaban J connectivity index is 1.65. The monoisotopic (exact) mass is 308 g/mol. The highest BCUT2D eigenvalue weighted by Crippen LogP contribution is 2.33. The van der Waals surface area contributed by atoms with E-state index >= 15 is 0 Å². The van der Waals surface area contributed by atoms with Gasteiger partial charge in [-0.25, -0.2) is 4.79 Å². The lowest BCUT2D eigenvalue weighted by Crippen LogP contribution is -2.53. The van der Waals surface area contributed by atoms with Crippen LogP contribution in [0.25, 0.3) is 0 Å². The van der Waals surface area contributed by atoms with E-state index in [1.165, 1.54) is 0 Å². The van der Waals surface area contributed by atoms with Crippen LogP contribution >= 0.6 is 0 Å². The summed E-state index contributed by atoms with van der Waals surface area (Å²) in [6, 6.07) is -0.684. The second-order valence-corrected chi connectivity index (χ2v) is 6.78. The predicted molar refractivity (Wildman–Crippen MR) is 79.0 cm³/mol. The van der Waals surface area contributed by atoms with E-state index in [2.05, 4.69) is 0 Å². The summed E-state index contributed by atoms with van der Waals surface area (Å²) in [4.78, 5) is 39.7. The van der Waals surface area contributed by atoms with Gasteiger partial charge in [-0.2, -0.15) is 0 Å². The summed E-state index contributed by atoms with van der Waals surface area (Å²) in [6.07, 6.45) is 5.81. The van der Waals surface area contributed by atoms with Gasteiger partial charge in [0, 0.05) is 25.6 Å². The van der Waals surface area contributed by atoms with Crippen molar-refractivity contribution in [3.05, 3.63) is 0 Å².